The number of piperidine rings is 1. The van der Waals surface area contributed by atoms with Gasteiger partial charge in [0.2, 0.25) is 5.91 Å². The van der Waals surface area contributed by atoms with Crippen LogP contribution in [0.15, 0.2) is 22.5 Å². The summed E-state index contributed by atoms with van der Waals surface area (Å²) >= 11 is 1.83. The summed E-state index contributed by atoms with van der Waals surface area (Å²) in [6, 6.07) is 4.33. The second-order valence-electron chi connectivity index (χ2n) is 7.90. The van der Waals surface area contributed by atoms with E-state index in [4.69, 9.17) is 0 Å². The van der Waals surface area contributed by atoms with E-state index in [1.165, 1.54) is 17.7 Å². The van der Waals surface area contributed by atoms with Crippen LogP contribution in [0.4, 0.5) is 0 Å². The normalized spacial score (nSPS) is 17.2. The number of nitrogens with zero attached hydrogens (tertiary/aromatic N) is 2. The summed E-state index contributed by atoms with van der Waals surface area (Å²) in [5.74, 6) is 1.31. The van der Waals surface area contributed by atoms with Crippen LogP contribution in [0.25, 0.3) is 0 Å². The van der Waals surface area contributed by atoms with Gasteiger partial charge in [-0.2, -0.15) is 0 Å². The molecule has 1 fully saturated rings. The van der Waals surface area contributed by atoms with Crippen LogP contribution < -0.4 is 16.0 Å². The summed E-state index contributed by atoms with van der Waals surface area (Å²) in [7, 11) is 1.74. The Bertz CT molecular complexity index is 571. The van der Waals surface area contributed by atoms with E-state index in [0.29, 0.717) is 11.9 Å². The molecule has 7 heteroatoms. The van der Waals surface area contributed by atoms with Crippen LogP contribution in [-0.2, 0) is 11.3 Å². The summed E-state index contributed by atoms with van der Waals surface area (Å²) in [6.45, 7) is 10.4. The Hall–Kier alpha value is -1.60. The third kappa shape index (κ3) is 7.74. The first kappa shape index (κ1) is 20.7. The zero-order valence-corrected chi connectivity index (χ0v) is 17.3. The molecule has 1 aromatic rings. The number of amides is 1. The highest BCUT2D eigenvalue weighted by molar-refractivity contribution is 7.09. The molecule has 3 N–H and O–H groups in total. The maximum Gasteiger partial charge on any atom is 0.239 e. The number of carbonyl (C=O) groups is 1. The number of rotatable bonds is 6. The molecule has 1 saturated heterocycles. The molecule has 6 nitrogen and oxygen atoms in total. The Morgan fingerprint density at radius 2 is 2.04 bits per heavy atom. The SMILES string of the molecule is CN=C(NCC(=O)NC(C)(C)C)NCC1CCN(Cc2cccs2)CC1. The highest BCUT2D eigenvalue weighted by Crippen LogP contribution is 2.20. The molecule has 1 amide bonds. The molecule has 2 heterocycles. The van der Waals surface area contributed by atoms with Crippen LogP contribution in [0.2, 0.25) is 0 Å². The molecule has 146 valence electrons. The standard InChI is InChI=1S/C19H33N5OS/c1-19(2,3)23-17(25)13-22-18(20-4)21-12-15-7-9-24(10-8-15)14-16-6-5-11-26-16/h5-6,11,15H,7-10,12-14H2,1-4H3,(H,23,25)(H2,20,21,22). The lowest BCUT2D eigenvalue weighted by atomic mass is 9.97. The Labute approximate surface area is 161 Å². The van der Waals surface area contributed by atoms with Crippen LogP contribution >= 0.6 is 11.3 Å². The van der Waals surface area contributed by atoms with E-state index in [-0.39, 0.29) is 18.0 Å². The summed E-state index contributed by atoms with van der Waals surface area (Å²) in [6.07, 6.45) is 2.39. The van der Waals surface area contributed by atoms with E-state index in [2.05, 4.69) is 43.4 Å². The number of hydrogen-bond acceptors (Lipinski definition) is 4. The minimum atomic E-state index is -0.215. The maximum atomic E-state index is 11.9. The van der Waals surface area contributed by atoms with Crippen molar-refractivity contribution in [2.45, 2.75) is 45.7 Å². The molecule has 2 rings (SSSR count). The molecule has 26 heavy (non-hydrogen) atoms. The molecular weight excluding hydrogens is 346 g/mol. The second-order valence-corrected chi connectivity index (χ2v) is 8.94. The fraction of sp³-hybridized carbons (Fsp3) is 0.684. The van der Waals surface area contributed by atoms with E-state index in [1.807, 2.05) is 32.1 Å². The Morgan fingerprint density at radius 1 is 1.31 bits per heavy atom. The number of likely N-dealkylation sites (tertiary alicyclic amines) is 1. The van der Waals surface area contributed by atoms with Crippen molar-refractivity contribution in [3.8, 4) is 0 Å². The fourth-order valence-electron chi connectivity index (χ4n) is 3.06. The van der Waals surface area contributed by atoms with Crippen molar-refractivity contribution in [1.29, 1.82) is 0 Å². The maximum absolute atomic E-state index is 11.9. The lowest BCUT2D eigenvalue weighted by Crippen LogP contribution is -2.49. The number of nitrogens with one attached hydrogen (secondary N) is 3. The van der Waals surface area contributed by atoms with Crippen molar-refractivity contribution < 1.29 is 4.79 Å². The quantitative estimate of drug-likeness (QED) is 0.523. The van der Waals surface area contributed by atoms with Gasteiger partial charge in [-0.1, -0.05) is 6.07 Å². The van der Waals surface area contributed by atoms with Gasteiger partial charge in [0.05, 0.1) is 6.54 Å². The number of guanidine groups is 1. The highest BCUT2D eigenvalue weighted by Gasteiger charge is 2.20. The van der Waals surface area contributed by atoms with E-state index in [0.717, 1.165) is 26.2 Å². The van der Waals surface area contributed by atoms with Crippen molar-refractivity contribution in [3.05, 3.63) is 22.4 Å². The summed E-state index contributed by atoms with van der Waals surface area (Å²) in [4.78, 5) is 20.1. The molecule has 1 aliphatic heterocycles. The Morgan fingerprint density at radius 3 is 2.62 bits per heavy atom. The molecule has 0 radical (unpaired) electrons. The molecule has 0 aliphatic carbocycles. The second kappa shape index (κ2) is 9.92. The number of hydrogen-bond donors (Lipinski definition) is 3. The average molecular weight is 380 g/mol. The van der Waals surface area contributed by atoms with Crippen molar-refractivity contribution >= 4 is 23.2 Å². The average Bonchev–Trinajstić information content (AvgIpc) is 3.08. The van der Waals surface area contributed by atoms with E-state index in [9.17, 15) is 4.79 Å². The van der Waals surface area contributed by atoms with E-state index < -0.39 is 0 Å². The molecule has 0 unspecified atom stereocenters. The summed E-state index contributed by atoms with van der Waals surface area (Å²) in [5, 5.41) is 11.5. The lowest BCUT2D eigenvalue weighted by Gasteiger charge is -2.32. The first-order valence-electron chi connectivity index (χ1n) is 9.36. The zero-order valence-electron chi connectivity index (χ0n) is 16.5. The Kier molecular flexibility index (Phi) is 7.90. The van der Waals surface area contributed by atoms with Crippen LogP contribution in [-0.4, -0.2) is 55.5 Å². The summed E-state index contributed by atoms with van der Waals surface area (Å²) in [5.41, 5.74) is -0.215. The third-order valence-electron chi connectivity index (χ3n) is 4.38. The van der Waals surface area contributed by atoms with E-state index in [1.54, 1.807) is 7.05 Å². The van der Waals surface area contributed by atoms with Crippen LogP contribution in [0.1, 0.15) is 38.5 Å². The van der Waals surface area contributed by atoms with Crippen LogP contribution in [0.5, 0.6) is 0 Å². The first-order chi connectivity index (χ1) is 12.4. The van der Waals surface area contributed by atoms with Gasteiger partial charge in [0.1, 0.15) is 0 Å². The topological polar surface area (TPSA) is 68.8 Å². The minimum absolute atomic E-state index is 0.0256. The highest BCUT2D eigenvalue weighted by atomic mass is 32.1. The van der Waals surface area contributed by atoms with Crippen LogP contribution in [0.3, 0.4) is 0 Å². The zero-order chi connectivity index (χ0) is 19.0. The largest absolute Gasteiger partial charge is 0.356 e. The van der Waals surface area contributed by atoms with Gasteiger partial charge in [-0.3, -0.25) is 14.7 Å². The molecule has 0 bridgehead atoms. The fourth-order valence-corrected chi connectivity index (χ4v) is 3.81. The van der Waals surface area contributed by atoms with Gasteiger partial charge in [-0.05, 0) is 64.1 Å². The van der Waals surface area contributed by atoms with Gasteiger partial charge < -0.3 is 16.0 Å². The molecule has 1 aromatic heterocycles. The Balaban J connectivity index is 1.64. The van der Waals surface area contributed by atoms with Gasteiger partial charge in [0, 0.05) is 30.6 Å². The molecule has 1 aliphatic rings. The molecular formula is C19H33N5OS. The number of aliphatic imine (C=N–C) groups is 1. The van der Waals surface area contributed by atoms with Crippen molar-refractivity contribution in [1.82, 2.24) is 20.9 Å². The molecule has 0 saturated carbocycles. The van der Waals surface area contributed by atoms with Crippen LogP contribution in [0, 0.1) is 5.92 Å². The minimum Gasteiger partial charge on any atom is -0.356 e. The van der Waals surface area contributed by atoms with Gasteiger partial charge in [0.25, 0.3) is 0 Å². The number of carbonyl (C=O) groups excluding carboxylic acids is 1. The van der Waals surface area contributed by atoms with Gasteiger partial charge in [0.15, 0.2) is 5.96 Å². The van der Waals surface area contributed by atoms with Gasteiger partial charge in [-0.15, -0.1) is 11.3 Å². The lowest BCUT2D eigenvalue weighted by molar-refractivity contribution is -0.121. The monoisotopic (exact) mass is 379 g/mol. The number of thiophene rings is 1. The van der Waals surface area contributed by atoms with Crippen molar-refractivity contribution in [3.63, 3.8) is 0 Å². The predicted molar refractivity (Wildman–Crippen MR) is 110 cm³/mol. The first-order valence-corrected chi connectivity index (χ1v) is 10.2. The molecule has 0 atom stereocenters. The third-order valence-corrected chi connectivity index (χ3v) is 5.24. The smallest absolute Gasteiger partial charge is 0.239 e. The van der Waals surface area contributed by atoms with Gasteiger partial charge >= 0.3 is 0 Å². The summed E-state index contributed by atoms with van der Waals surface area (Å²) < 4.78 is 0. The van der Waals surface area contributed by atoms with Crippen molar-refractivity contribution in [2.75, 3.05) is 33.2 Å². The van der Waals surface area contributed by atoms with Crippen molar-refractivity contribution in [2.24, 2.45) is 10.9 Å². The molecule has 0 aromatic carbocycles. The van der Waals surface area contributed by atoms with Gasteiger partial charge in [-0.25, -0.2) is 0 Å². The van der Waals surface area contributed by atoms with E-state index >= 15 is 0 Å². The molecule has 0 spiro atoms. The predicted octanol–water partition coefficient (Wildman–Crippen LogP) is 2.04.